The van der Waals surface area contributed by atoms with E-state index in [0.29, 0.717) is 6.04 Å². The Bertz CT molecular complexity index is 424. The number of nitrogens with zero attached hydrogens (tertiary/aromatic N) is 2. The van der Waals surface area contributed by atoms with Crippen molar-refractivity contribution in [3.05, 3.63) is 29.8 Å². The standard InChI is InChI=1S/C16H27N3O/c1-13-11-18(2)9-6-10-19(13)12-15(17)14-7-4-5-8-16(14)20-3/h4-5,7-8,13,15H,6,9-12,17H2,1-3H3. The summed E-state index contributed by atoms with van der Waals surface area (Å²) in [5.41, 5.74) is 7.51. The van der Waals surface area contributed by atoms with Gasteiger partial charge in [0, 0.05) is 30.7 Å². The van der Waals surface area contributed by atoms with Crippen molar-refractivity contribution in [1.82, 2.24) is 9.80 Å². The largest absolute Gasteiger partial charge is 0.496 e. The van der Waals surface area contributed by atoms with Crippen LogP contribution in [0.5, 0.6) is 5.75 Å². The zero-order valence-electron chi connectivity index (χ0n) is 12.9. The van der Waals surface area contributed by atoms with Gasteiger partial charge in [-0.15, -0.1) is 0 Å². The molecule has 1 aromatic rings. The van der Waals surface area contributed by atoms with E-state index in [1.54, 1.807) is 7.11 Å². The summed E-state index contributed by atoms with van der Waals surface area (Å²) < 4.78 is 5.42. The van der Waals surface area contributed by atoms with Crippen molar-refractivity contribution in [2.24, 2.45) is 5.73 Å². The molecule has 0 saturated carbocycles. The molecule has 1 heterocycles. The fourth-order valence-corrected chi connectivity index (χ4v) is 3.02. The summed E-state index contributed by atoms with van der Waals surface area (Å²) in [4.78, 5) is 4.90. The molecule has 0 radical (unpaired) electrons. The summed E-state index contributed by atoms with van der Waals surface area (Å²) in [6, 6.07) is 8.60. The Labute approximate surface area is 122 Å². The van der Waals surface area contributed by atoms with Gasteiger partial charge in [0.1, 0.15) is 5.75 Å². The maximum absolute atomic E-state index is 6.41. The van der Waals surface area contributed by atoms with Gasteiger partial charge in [-0.25, -0.2) is 0 Å². The topological polar surface area (TPSA) is 41.7 Å². The fourth-order valence-electron chi connectivity index (χ4n) is 3.02. The van der Waals surface area contributed by atoms with Gasteiger partial charge in [0.15, 0.2) is 0 Å². The van der Waals surface area contributed by atoms with Crippen LogP contribution in [-0.4, -0.2) is 56.2 Å². The molecule has 1 fully saturated rings. The molecule has 2 atom stereocenters. The molecular formula is C16H27N3O. The van der Waals surface area contributed by atoms with Crippen molar-refractivity contribution in [3.63, 3.8) is 0 Å². The first-order chi connectivity index (χ1) is 9.61. The number of nitrogens with two attached hydrogens (primary N) is 1. The number of hydrogen-bond acceptors (Lipinski definition) is 4. The first-order valence-corrected chi connectivity index (χ1v) is 7.43. The highest BCUT2D eigenvalue weighted by atomic mass is 16.5. The van der Waals surface area contributed by atoms with Gasteiger partial charge in [-0.2, -0.15) is 0 Å². The van der Waals surface area contributed by atoms with E-state index >= 15 is 0 Å². The fraction of sp³-hybridized carbons (Fsp3) is 0.625. The molecule has 2 N–H and O–H groups in total. The lowest BCUT2D eigenvalue weighted by Crippen LogP contribution is -2.41. The summed E-state index contributed by atoms with van der Waals surface area (Å²) >= 11 is 0. The Hall–Kier alpha value is -1.10. The number of para-hydroxylation sites is 1. The third kappa shape index (κ3) is 3.72. The Morgan fingerprint density at radius 3 is 2.85 bits per heavy atom. The first kappa shape index (κ1) is 15.3. The van der Waals surface area contributed by atoms with Crippen LogP contribution in [0.3, 0.4) is 0 Å². The predicted molar refractivity (Wildman–Crippen MR) is 83.1 cm³/mol. The first-order valence-electron chi connectivity index (χ1n) is 7.43. The molecule has 2 unspecified atom stereocenters. The number of hydrogen-bond donors (Lipinski definition) is 1. The number of methoxy groups -OCH3 is 1. The maximum Gasteiger partial charge on any atom is 0.123 e. The second-order valence-electron chi connectivity index (χ2n) is 5.81. The highest BCUT2D eigenvalue weighted by molar-refractivity contribution is 5.35. The molecule has 0 aromatic heterocycles. The molecule has 0 spiro atoms. The van der Waals surface area contributed by atoms with Crippen LogP contribution < -0.4 is 10.5 Å². The minimum Gasteiger partial charge on any atom is -0.496 e. The highest BCUT2D eigenvalue weighted by Gasteiger charge is 2.22. The molecule has 2 rings (SSSR count). The van der Waals surface area contributed by atoms with E-state index in [4.69, 9.17) is 10.5 Å². The zero-order valence-corrected chi connectivity index (χ0v) is 12.9. The molecule has 1 aliphatic heterocycles. The SMILES string of the molecule is COc1ccccc1C(N)CN1CCCN(C)CC1C. The molecule has 0 aliphatic carbocycles. The summed E-state index contributed by atoms with van der Waals surface area (Å²) in [6.45, 7) is 6.57. The van der Waals surface area contributed by atoms with E-state index in [9.17, 15) is 0 Å². The molecule has 20 heavy (non-hydrogen) atoms. The van der Waals surface area contributed by atoms with E-state index in [1.807, 2.05) is 18.2 Å². The molecule has 0 amide bonds. The van der Waals surface area contributed by atoms with Crippen LogP contribution in [0.25, 0.3) is 0 Å². The number of rotatable bonds is 4. The van der Waals surface area contributed by atoms with Gasteiger partial charge in [0.05, 0.1) is 7.11 Å². The molecule has 1 saturated heterocycles. The average Bonchev–Trinajstić information content (AvgIpc) is 2.60. The quantitative estimate of drug-likeness (QED) is 0.910. The molecule has 112 valence electrons. The molecule has 4 nitrogen and oxygen atoms in total. The molecule has 1 aliphatic rings. The number of likely N-dealkylation sites (N-methyl/N-ethyl adjacent to an activating group) is 1. The minimum absolute atomic E-state index is 0.00277. The highest BCUT2D eigenvalue weighted by Crippen LogP contribution is 2.24. The van der Waals surface area contributed by atoms with E-state index in [1.165, 1.54) is 13.0 Å². The van der Waals surface area contributed by atoms with Crippen LogP contribution in [0.2, 0.25) is 0 Å². The van der Waals surface area contributed by atoms with Crippen LogP contribution in [0, 0.1) is 0 Å². The lowest BCUT2D eigenvalue weighted by Gasteiger charge is -2.30. The summed E-state index contributed by atoms with van der Waals surface area (Å²) in [5.74, 6) is 0.889. The summed E-state index contributed by atoms with van der Waals surface area (Å²) in [5, 5.41) is 0. The third-order valence-electron chi connectivity index (χ3n) is 4.15. The zero-order chi connectivity index (χ0) is 14.5. The van der Waals surface area contributed by atoms with Crippen LogP contribution in [-0.2, 0) is 0 Å². The Morgan fingerprint density at radius 1 is 1.35 bits per heavy atom. The van der Waals surface area contributed by atoms with E-state index in [0.717, 1.165) is 30.9 Å². The number of ether oxygens (including phenoxy) is 1. The minimum atomic E-state index is -0.00277. The summed E-state index contributed by atoms with van der Waals surface area (Å²) in [7, 11) is 3.90. The number of benzene rings is 1. The molecule has 4 heteroatoms. The van der Waals surface area contributed by atoms with Crippen LogP contribution in [0.1, 0.15) is 24.9 Å². The van der Waals surface area contributed by atoms with Gasteiger partial charge in [0.2, 0.25) is 0 Å². The normalized spacial score (nSPS) is 23.3. The molecular weight excluding hydrogens is 250 g/mol. The summed E-state index contributed by atoms with van der Waals surface area (Å²) in [6.07, 6.45) is 1.21. The Balaban J connectivity index is 2.04. The van der Waals surface area contributed by atoms with Crippen LogP contribution in [0.4, 0.5) is 0 Å². The Morgan fingerprint density at radius 2 is 2.10 bits per heavy atom. The van der Waals surface area contributed by atoms with Crippen LogP contribution >= 0.6 is 0 Å². The van der Waals surface area contributed by atoms with Crippen molar-refractivity contribution >= 4 is 0 Å². The second-order valence-corrected chi connectivity index (χ2v) is 5.81. The monoisotopic (exact) mass is 277 g/mol. The Kier molecular flexibility index (Phi) is 5.40. The van der Waals surface area contributed by atoms with Crippen molar-refractivity contribution in [2.45, 2.75) is 25.4 Å². The van der Waals surface area contributed by atoms with Gasteiger partial charge >= 0.3 is 0 Å². The average molecular weight is 277 g/mol. The van der Waals surface area contributed by atoms with Crippen molar-refractivity contribution in [2.75, 3.05) is 40.3 Å². The van der Waals surface area contributed by atoms with Crippen molar-refractivity contribution in [3.8, 4) is 5.75 Å². The van der Waals surface area contributed by atoms with E-state index in [-0.39, 0.29) is 6.04 Å². The maximum atomic E-state index is 6.41. The lowest BCUT2D eigenvalue weighted by molar-refractivity contribution is 0.191. The van der Waals surface area contributed by atoms with E-state index < -0.39 is 0 Å². The van der Waals surface area contributed by atoms with Gasteiger partial charge in [-0.3, -0.25) is 4.90 Å². The molecule has 1 aromatic carbocycles. The van der Waals surface area contributed by atoms with Crippen molar-refractivity contribution < 1.29 is 4.74 Å². The smallest absolute Gasteiger partial charge is 0.123 e. The van der Waals surface area contributed by atoms with Crippen LogP contribution in [0.15, 0.2) is 24.3 Å². The second kappa shape index (κ2) is 7.07. The van der Waals surface area contributed by atoms with Crippen molar-refractivity contribution in [1.29, 1.82) is 0 Å². The van der Waals surface area contributed by atoms with Gasteiger partial charge in [0.25, 0.3) is 0 Å². The predicted octanol–water partition coefficient (Wildman–Crippen LogP) is 1.72. The van der Waals surface area contributed by atoms with Gasteiger partial charge < -0.3 is 15.4 Å². The van der Waals surface area contributed by atoms with Gasteiger partial charge in [-0.1, -0.05) is 18.2 Å². The van der Waals surface area contributed by atoms with E-state index in [2.05, 4.69) is 29.8 Å². The third-order valence-corrected chi connectivity index (χ3v) is 4.15. The lowest BCUT2D eigenvalue weighted by atomic mass is 10.1. The molecule has 0 bridgehead atoms. The van der Waals surface area contributed by atoms with Gasteiger partial charge in [-0.05, 0) is 39.5 Å².